The van der Waals surface area contributed by atoms with E-state index < -0.39 is 17.7 Å². The third-order valence-corrected chi connectivity index (χ3v) is 5.85. The molecular formula is C24H38N4O3. The van der Waals surface area contributed by atoms with Crippen LogP contribution in [0.15, 0.2) is 30.3 Å². The Balaban J connectivity index is 1.32. The molecule has 0 aliphatic carbocycles. The Labute approximate surface area is 186 Å². The first-order valence-electron chi connectivity index (χ1n) is 11.6. The van der Waals surface area contributed by atoms with Crippen LogP contribution in [-0.2, 0) is 16.1 Å². The van der Waals surface area contributed by atoms with Crippen LogP contribution in [0.5, 0.6) is 0 Å². The van der Waals surface area contributed by atoms with Crippen LogP contribution >= 0.6 is 0 Å². The van der Waals surface area contributed by atoms with Gasteiger partial charge in [-0.25, -0.2) is 4.79 Å². The van der Waals surface area contributed by atoms with E-state index in [0.717, 1.165) is 52.1 Å². The number of carbonyl (C=O) groups excluding carboxylic acids is 2. The summed E-state index contributed by atoms with van der Waals surface area (Å²) in [6.07, 6.45) is 2.07. The average molecular weight is 431 g/mol. The predicted octanol–water partition coefficient (Wildman–Crippen LogP) is 2.71. The van der Waals surface area contributed by atoms with Gasteiger partial charge in [0.2, 0.25) is 5.91 Å². The molecule has 7 heteroatoms. The molecule has 1 N–H and O–H groups in total. The maximum atomic E-state index is 12.6. The standard InChI is InChI=1S/C24H38N4O3/c1-24(2,3)31-23(30)28-14-7-11-21(28)22(29)25-12-8-13-26-15-17-27(18-16-26)19-20-9-5-4-6-10-20/h4-6,9-10,21H,7-8,11-19H2,1-3H3,(H,25,29)/t21-/m0/s1. The zero-order valence-corrected chi connectivity index (χ0v) is 19.3. The van der Waals surface area contributed by atoms with E-state index in [-0.39, 0.29) is 5.91 Å². The Bertz CT molecular complexity index is 711. The lowest BCUT2D eigenvalue weighted by atomic mass is 10.2. The largest absolute Gasteiger partial charge is 0.444 e. The van der Waals surface area contributed by atoms with Gasteiger partial charge in [0, 0.05) is 45.8 Å². The Morgan fingerprint density at radius 3 is 2.39 bits per heavy atom. The summed E-state index contributed by atoms with van der Waals surface area (Å²) in [5.41, 5.74) is 0.817. The maximum Gasteiger partial charge on any atom is 0.410 e. The normalized spacial score (nSPS) is 20.6. The predicted molar refractivity (Wildman–Crippen MR) is 122 cm³/mol. The molecule has 3 rings (SSSR count). The minimum Gasteiger partial charge on any atom is -0.444 e. The molecule has 2 fully saturated rings. The quantitative estimate of drug-likeness (QED) is 0.674. The van der Waals surface area contributed by atoms with Gasteiger partial charge in [0.25, 0.3) is 0 Å². The van der Waals surface area contributed by atoms with Crippen molar-refractivity contribution in [1.29, 1.82) is 0 Å². The highest BCUT2D eigenvalue weighted by Gasteiger charge is 2.36. The van der Waals surface area contributed by atoms with Crippen LogP contribution in [0.25, 0.3) is 0 Å². The summed E-state index contributed by atoms with van der Waals surface area (Å²) in [5, 5.41) is 3.03. The number of hydrogen-bond donors (Lipinski definition) is 1. The fraction of sp³-hybridized carbons (Fsp3) is 0.667. The molecule has 2 aliphatic rings. The molecule has 0 spiro atoms. The number of hydrogen-bond acceptors (Lipinski definition) is 5. The van der Waals surface area contributed by atoms with Gasteiger partial charge in [-0.15, -0.1) is 0 Å². The Hall–Kier alpha value is -2.12. The first kappa shape index (κ1) is 23.5. The number of benzene rings is 1. The van der Waals surface area contributed by atoms with Crippen LogP contribution in [0.3, 0.4) is 0 Å². The van der Waals surface area contributed by atoms with E-state index >= 15 is 0 Å². The highest BCUT2D eigenvalue weighted by Crippen LogP contribution is 2.21. The third kappa shape index (κ3) is 7.51. The van der Waals surface area contributed by atoms with Crippen molar-refractivity contribution in [3.8, 4) is 0 Å². The van der Waals surface area contributed by atoms with Crippen molar-refractivity contribution >= 4 is 12.0 Å². The molecule has 0 aromatic heterocycles. The molecular weight excluding hydrogens is 392 g/mol. The minimum atomic E-state index is -0.550. The van der Waals surface area contributed by atoms with Crippen molar-refractivity contribution in [2.75, 3.05) is 45.8 Å². The second kappa shape index (κ2) is 11.0. The van der Waals surface area contributed by atoms with E-state index in [1.54, 1.807) is 4.90 Å². The van der Waals surface area contributed by atoms with Crippen LogP contribution in [0.2, 0.25) is 0 Å². The highest BCUT2D eigenvalue weighted by atomic mass is 16.6. The summed E-state index contributed by atoms with van der Waals surface area (Å²) in [4.78, 5) is 31.5. The van der Waals surface area contributed by atoms with Gasteiger partial charge in [-0.1, -0.05) is 30.3 Å². The van der Waals surface area contributed by atoms with Crippen molar-refractivity contribution in [3.05, 3.63) is 35.9 Å². The second-order valence-electron chi connectivity index (χ2n) is 9.58. The van der Waals surface area contributed by atoms with Crippen molar-refractivity contribution in [2.24, 2.45) is 0 Å². The molecule has 0 bridgehead atoms. The van der Waals surface area contributed by atoms with Crippen molar-refractivity contribution in [1.82, 2.24) is 20.0 Å². The van der Waals surface area contributed by atoms with Crippen molar-refractivity contribution < 1.29 is 14.3 Å². The zero-order chi connectivity index (χ0) is 22.3. The van der Waals surface area contributed by atoms with Crippen LogP contribution in [-0.4, -0.2) is 84.2 Å². The zero-order valence-electron chi connectivity index (χ0n) is 19.3. The van der Waals surface area contributed by atoms with E-state index in [9.17, 15) is 9.59 Å². The van der Waals surface area contributed by atoms with Crippen LogP contribution in [0, 0.1) is 0 Å². The summed E-state index contributed by atoms with van der Waals surface area (Å²) in [7, 11) is 0. The van der Waals surface area contributed by atoms with Gasteiger partial charge in [-0.3, -0.25) is 14.6 Å². The molecule has 2 saturated heterocycles. The Morgan fingerprint density at radius 2 is 1.71 bits per heavy atom. The van der Waals surface area contributed by atoms with Gasteiger partial charge in [-0.2, -0.15) is 0 Å². The van der Waals surface area contributed by atoms with Crippen LogP contribution in [0.1, 0.15) is 45.6 Å². The van der Waals surface area contributed by atoms with E-state index in [4.69, 9.17) is 4.74 Å². The number of nitrogens with one attached hydrogen (secondary N) is 1. The summed E-state index contributed by atoms with van der Waals surface area (Å²) in [6.45, 7) is 13.0. The van der Waals surface area contributed by atoms with Gasteiger partial charge < -0.3 is 15.0 Å². The lowest BCUT2D eigenvalue weighted by Crippen LogP contribution is -2.48. The molecule has 2 aliphatic heterocycles. The smallest absolute Gasteiger partial charge is 0.410 e. The maximum absolute atomic E-state index is 12.6. The molecule has 0 radical (unpaired) electrons. The molecule has 0 saturated carbocycles. The van der Waals surface area contributed by atoms with E-state index in [1.807, 2.05) is 20.8 Å². The van der Waals surface area contributed by atoms with Crippen LogP contribution in [0.4, 0.5) is 4.79 Å². The molecule has 2 heterocycles. The Morgan fingerprint density at radius 1 is 1.03 bits per heavy atom. The lowest BCUT2D eigenvalue weighted by molar-refractivity contribution is -0.125. The third-order valence-electron chi connectivity index (χ3n) is 5.85. The summed E-state index contributed by atoms with van der Waals surface area (Å²) >= 11 is 0. The minimum absolute atomic E-state index is 0.0592. The lowest BCUT2D eigenvalue weighted by Gasteiger charge is -2.34. The molecule has 31 heavy (non-hydrogen) atoms. The fourth-order valence-corrected chi connectivity index (χ4v) is 4.22. The first-order chi connectivity index (χ1) is 14.8. The number of ether oxygens (including phenoxy) is 1. The number of rotatable bonds is 7. The monoisotopic (exact) mass is 430 g/mol. The number of carbonyl (C=O) groups is 2. The fourth-order valence-electron chi connectivity index (χ4n) is 4.22. The second-order valence-corrected chi connectivity index (χ2v) is 9.58. The molecule has 1 atom stereocenters. The molecule has 1 aromatic carbocycles. The number of likely N-dealkylation sites (tertiary alicyclic amines) is 1. The molecule has 1 aromatic rings. The molecule has 0 unspecified atom stereocenters. The highest BCUT2D eigenvalue weighted by molar-refractivity contribution is 5.86. The average Bonchev–Trinajstić information content (AvgIpc) is 3.22. The van der Waals surface area contributed by atoms with Gasteiger partial charge in [0.1, 0.15) is 11.6 Å². The first-order valence-corrected chi connectivity index (χ1v) is 11.6. The summed E-state index contributed by atoms with van der Waals surface area (Å²) in [6, 6.07) is 10.2. The van der Waals surface area contributed by atoms with Crippen molar-refractivity contribution in [3.63, 3.8) is 0 Å². The van der Waals surface area contributed by atoms with E-state index in [2.05, 4.69) is 45.4 Å². The van der Waals surface area contributed by atoms with Crippen molar-refractivity contribution in [2.45, 2.75) is 58.2 Å². The summed E-state index contributed by atoms with van der Waals surface area (Å²) in [5.74, 6) is -0.0592. The number of piperazine rings is 1. The van der Waals surface area contributed by atoms with E-state index in [0.29, 0.717) is 19.5 Å². The van der Waals surface area contributed by atoms with Gasteiger partial charge in [-0.05, 0) is 52.1 Å². The van der Waals surface area contributed by atoms with Crippen LogP contribution < -0.4 is 5.32 Å². The topological polar surface area (TPSA) is 65.1 Å². The van der Waals surface area contributed by atoms with E-state index in [1.165, 1.54) is 5.56 Å². The number of amides is 2. The number of nitrogens with zero attached hydrogens (tertiary/aromatic N) is 3. The molecule has 7 nitrogen and oxygen atoms in total. The van der Waals surface area contributed by atoms with Gasteiger partial charge >= 0.3 is 6.09 Å². The molecule has 172 valence electrons. The van der Waals surface area contributed by atoms with Gasteiger partial charge in [0.15, 0.2) is 0 Å². The molecule has 2 amide bonds. The Kier molecular flexibility index (Phi) is 8.32. The van der Waals surface area contributed by atoms with Gasteiger partial charge in [0.05, 0.1) is 0 Å². The SMILES string of the molecule is CC(C)(C)OC(=O)N1CCC[C@H]1C(=O)NCCCN1CCN(Cc2ccccc2)CC1. The summed E-state index contributed by atoms with van der Waals surface area (Å²) < 4.78 is 5.45.